The first-order valence-electron chi connectivity index (χ1n) is 9.94. The van der Waals surface area contributed by atoms with Gasteiger partial charge in [0, 0.05) is 32.3 Å². The number of rotatable bonds is 4. The molecular formula is C20H28N4O2. The van der Waals surface area contributed by atoms with Crippen molar-refractivity contribution in [1.82, 2.24) is 14.9 Å². The lowest BCUT2D eigenvalue weighted by Crippen LogP contribution is -2.44. The van der Waals surface area contributed by atoms with Gasteiger partial charge in [-0.05, 0) is 44.6 Å². The Labute approximate surface area is 155 Å². The number of morpholine rings is 1. The second-order valence-corrected chi connectivity index (χ2v) is 7.43. The molecule has 3 aliphatic rings. The van der Waals surface area contributed by atoms with E-state index >= 15 is 0 Å². The second-order valence-electron chi connectivity index (χ2n) is 7.43. The lowest BCUT2D eigenvalue weighted by Gasteiger charge is -2.35. The minimum atomic E-state index is -0.178. The maximum absolute atomic E-state index is 13.0. The minimum absolute atomic E-state index is 0.178. The van der Waals surface area contributed by atoms with Gasteiger partial charge in [-0.2, -0.15) is 0 Å². The summed E-state index contributed by atoms with van der Waals surface area (Å²) in [5.74, 6) is 1.86. The van der Waals surface area contributed by atoms with E-state index in [9.17, 15) is 4.79 Å². The van der Waals surface area contributed by atoms with Crippen LogP contribution in [0.5, 0.6) is 0 Å². The quantitative estimate of drug-likeness (QED) is 0.777. The van der Waals surface area contributed by atoms with Crippen molar-refractivity contribution < 1.29 is 9.53 Å². The highest BCUT2D eigenvalue weighted by Crippen LogP contribution is 2.27. The Bertz CT molecular complexity index is 670. The average molecular weight is 356 g/mol. The molecule has 140 valence electrons. The first-order chi connectivity index (χ1) is 12.8. The van der Waals surface area contributed by atoms with Crippen LogP contribution in [0.1, 0.15) is 56.8 Å². The van der Waals surface area contributed by atoms with Gasteiger partial charge in [0.2, 0.25) is 5.91 Å². The predicted molar refractivity (Wildman–Crippen MR) is 99.9 cm³/mol. The largest absolute Gasteiger partial charge is 0.377 e. The summed E-state index contributed by atoms with van der Waals surface area (Å²) in [6.45, 7) is 3.79. The number of aromatic nitrogens is 2. The number of nitrogens with zero attached hydrogens (tertiary/aromatic N) is 4. The van der Waals surface area contributed by atoms with Gasteiger partial charge in [-0.3, -0.25) is 4.79 Å². The molecule has 2 fully saturated rings. The molecule has 0 radical (unpaired) electrons. The normalized spacial score (nSPS) is 23.8. The van der Waals surface area contributed by atoms with Crippen LogP contribution in [-0.2, 0) is 9.53 Å². The molecule has 1 amide bonds. The molecule has 0 spiro atoms. The van der Waals surface area contributed by atoms with Gasteiger partial charge in [0.1, 0.15) is 11.9 Å². The number of anilines is 1. The van der Waals surface area contributed by atoms with E-state index < -0.39 is 0 Å². The number of carbonyl (C=O) groups excluding carboxylic acids is 1. The van der Waals surface area contributed by atoms with Crippen LogP contribution >= 0.6 is 0 Å². The molecule has 4 rings (SSSR count). The Kier molecular flexibility index (Phi) is 5.48. The van der Waals surface area contributed by atoms with Crippen molar-refractivity contribution in [3.8, 4) is 0 Å². The molecule has 6 heteroatoms. The monoisotopic (exact) mass is 356 g/mol. The van der Waals surface area contributed by atoms with E-state index in [0.29, 0.717) is 32.0 Å². The Morgan fingerprint density at radius 1 is 1.19 bits per heavy atom. The lowest BCUT2D eigenvalue weighted by atomic mass is 9.96. The standard InChI is InChI=1S/C20H28N4O2/c25-19(14-16-6-2-1-3-7-16)24-12-13-26-15-17(24)20-21-9-8-18(22-20)23-10-4-5-11-23/h6,8-9,17H,1-5,7,10-15H2. The summed E-state index contributed by atoms with van der Waals surface area (Å²) in [6.07, 6.45) is 11.6. The summed E-state index contributed by atoms with van der Waals surface area (Å²) >= 11 is 0. The van der Waals surface area contributed by atoms with Gasteiger partial charge in [-0.15, -0.1) is 0 Å². The van der Waals surface area contributed by atoms with E-state index in [1.807, 2.05) is 17.2 Å². The van der Waals surface area contributed by atoms with Crippen molar-refractivity contribution >= 4 is 11.7 Å². The van der Waals surface area contributed by atoms with Crippen molar-refractivity contribution in [1.29, 1.82) is 0 Å². The number of amides is 1. The molecule has 0 N–H and O–H groups in total. The Balaban J connectivity index is 1.50. The summed E-state index contributed by atoms with van der Waals surface area (Å²) in [5.41, 5.74) is 1.29. The minimum Gasteiger partial charge on any atom is -0.377 e. The number of ether oxygens (including phenoxy) is 1. The van der Waals surface area contributed by atoms with E-state index in [4.69, 9.17) is 9.72 Å². The third-order valence-electron chi connectivity index (χ3n) is 5.60. The summed E-state index contributed by atoms with van der Waals surface area (Å²) in [7, 11) is 0. The molecule has 1 unspecified atom stereocenters. The molecule has 26 heavy (non-hydrogen) atoms. The molecule has 1 atom stereocenters. The maximum Gasteiger partial charge on any atom is 0.227 e. The van der Waals surface area contributed by atoms with Gasteiger partial charge in [0.25, 0.3) is 0 Å². The van der Waals surface area contributed by atoms with Gasteiger partial charge in [0.15, 0.2) is 5.82 Å². The Morgan fingerprint density at radius 2 is 2.08 bits per heavy atom. The smallest absolute Gasteiger partial charge is 0.227 e. The van der Waals surface area contributed by atoms with E-state index in [1.165, 1.54) is 31.3 Å². The van der Waals surface area contributed by atoms with Crippen LogP contribution in [-0.4, -0.2) is 53.6 Å². The highest BCUT2D eigenvalue weighted by molar-refractivity contribution is 5.79. The van der Waals surface area contributed by atoms with Gasteiger partial charge < -0.3 is 14.5 Å². The van der Waals surface area contributed by atoms with Crippen molar-refractivity contribution in [3.63, 3.8) is 0 Å². The molecule has 6 nitrogen and oxygen atoms in total. The Morgan fingerprint density at radius 3 is 2.88 bits per heavy atom. The van der Waals surface area contributed by atoms with Crippen molar-refractivity contribution in [3.05, 3.63) is 29.7 Å². The highest BCUT2D eigenvalue weighted by Gasteiger charge is 2.31. The second kappa shape index (κ2) is 8.16. The molecular weight excluding hydrogens is 328 g/mol. The van der Waals surface area contributed by atoms with Crippen LogP contribution < -0.4 is 4.90 Å². The molecule has 0 bridgehead atoms. The van der Waals surface area contributed by atoms with Crippen molar-refractivity contribution in [2.24, 2.45) is 0 Å². The topological polar surface area (TPSA) is 58.6 Å². The molecule has 1 aromatic heterocycles. The zero-order chi connectivity index (χ0) is 17.8. The lowest BCUT2D eigenvalue weighted by molar-refractivity contribution is -0.139. The van der Waals surface area contributed by atoms with Crippen LogP contribution in [0.3, 0.4) is 0 Å². The molecule has 3 heterocycles. The highest BCUT2D eigenvalue weighted by atomic mass is 16.5. The van der Waals surface area contributed by atoms with Crippen LogP contribution in [0.25, 0.3) is 0 Å². The molecule has 0 aromatic carbocycles. The Hall–Kier alpha value is -1.95. The first-order valence-corrected chi connectivity index (χ1v) is 9.94. The molecule has 2 saturated heterocycles. The van der Waals surface area contributed by atoms with Crippen molar-refractivity contribution in [2.45, 2.75) is 51.0 Å². The third kappa shape index (κ3) is 3.90. The predicted octanol–water partition coefficient (Wildman–Crippen LogP) is 2.87. The number of hydrogen-bond donors (Lipinski definition) is 0. The van der Waals surface area contributed by atoms with Gasteiger partial charge in [0.05, 0.1) is 13.2 Å². The van der Waals surface area contributed by atoms with E-state index in [1.54, 1.807) is 0 Å². The summed E-state index contributed by atoms with van der Waals surface area (Å²) in [5, 5.41) is 0. The van der Waals surface area contributed by atoms with Crippen LogP contribution in [0.15, 0.2) is 23.9 Å². The molecule has 1 aliphatic carbocycles. The summed E-state index contributed by atoms with van der Waals surface area (Å²) in [4.78, 5) is 26.5. The summed E-state index contributed by atoms with van der Waals surface area (Å²) in [6, 6.07) is 1.79. The van der Waals surface area contributed by atoms with Crippen LogP contribution in [0, 0.1) is 0 Å². The number of hydrogen-bond acceptors (Lipinski definition) is 5. The fourth-order valence-electron chi connectivity index (χ4n) is 4.12. The van der Waals surface area contributed by atoms with Crippen LogP contribution in [0.4, 0.5) is 5.82 Å². The zero-order valence-corrected chi connectivity index (χ0v) is 15.4. The third-order valence-corrected chi connectivity index (χ3v) is 5.60. The molecule has 0 saturated carbocycles. The molecule has 2 aliphatic heterocycles. The maximum atomic E-state index is 13.0. The first kappa shape index (κ1) is 17.5. The molecule has 1 aromatic rings. The van der Waals surface area contributed by atoms with Gasteiger partial charge >= 0.3 is 0 Å². The van der Waals surface area contributed by atoms with Gasteiger partial charge in [-0.1, -0.05) is 11.6 Å². The van der Waals surface area contributed by atoms with E-state index in [0.717, 1.165) is 31.7 Å². The number of carbonyl (C=O) groups is 1. The van der Waals surface area contributed by atoms with E-state index in [-0.39, 0.29) is 11.9 Å². The fraction of sp³-hybridized carbons (Fsp3) is 0.650. The van der Waals surface area contributed by atoms with Crippen LogP contribution in [0.2, 0.25) is 0 Å². The fourth-order valence-corrected chi connectivity index (χ4v) is 4.12. The van der Waals surface area contributed by atoms with Gasteiger partial charge in [-0.25, -0.2) is 9.97 Å². The van der Waals surface area contributed by atoms with Crippen molar-refractivity contribution in [2.75, 3.05) is 37.7 Å². The number of allylic oxidation sites excluding steroid dienone is 1. The SMILES string of the molecule is O=C(CC1=CCCCC1)N1CCOCC1c1nccc(N2CCCC2)n1. The van der Waals surface area contributed by atoms with E-state index in [2.05, 4.69) is 16.0 Å². The summed E-state index contributed by atoms with van der Waals surface area (Å²) < 4.78 is 5.67. The average Bonchev–Trinajstić information content (AvgIpc) is 3.24. The zero-order valence-electron chi connectivity index (χ0n) is 15.4.